The van der Waals surface area contributed by atoms with E-state index in [4.69, 9.17) is 5.73 Å². The van der Waals surface area contributed by atoms with Gasteiger partial charge in [-0.2, -0.15) is 0 Å². The van der Waals surface area contributed by atoms with Crippen LogP contribution in [0.4, 0.5) is 0 Å². The zero-order valence-corrected chi connectivity index (χ0v) is 12.4. The van der Waals surface area contributed by atoms with E-state index in [1.165, 1.54) is 57.9 Å². The normalized spacial score (nSPS) is 32.0. The van der Waals surface area contributed by atoms with Gasteiger partial charge in [-0.25, -0.2) is 0 Å². The molecule has 2 rings (SSSR count). The van der Waals surface area contributed by atoms with E-state index in [1.54, 1.807) is 0 Å². The molecule has 2 nitrogen and oxygen atoms in total. The van der Waals surface area contributed by atoms with Gasteiger partial charge in [0.05, 0.1) is 0 Å². The van der Waals surface area contributed by atoms with Crippen LogP contribution >= 0.6 is 0 Å². The molecule has 0 saturated heterocycles. The molecule has 0 bridgehead atoms. The predicted molar refractivity (Wildman–Crippen MR) is 78.6 cm³/mol. The fraction of sp³-hybridized carbons (Fsp3) is 1.00. The number of nitrogens with zero attached hydrogens (tertiary/aromatic N) is 1. The van der Waals surface area contributed by atoms with Crippen molar-refractivity contribution in [3.8, 4) is 0 Å². The Kier molecular flexibility index (Phi) is 5.50. The maximum Gasteiger partial charge on any atom is 0.0138 e. The zero-order chi connectivity index (χ0) is 13.0. The van der Waals surface area contributed by atoms with Crippen LogP contribution in [0, 0.1) is 11.8 Å². The van der Waals surface area contributed by atoms with Crippen LogP contribution in [-0.2, 0) is 0 Å². The molecule has 2 fully saturated rings. The lowest BCUT2D eigenvalue weighted by molar-refractivity contribution is 0.0525. The van der Waals surface area contributed by atoms with Gasteiger partial charge in [0.25, 0.3) is 0 Å². The summed E-state index contributed by atoms with van der Waals surface area (Å²) in [6.07, 6.45) is 11.4. The molecule has 0 amide bonds. The average Bonchev–Trinajstić information content (AvgIpc) is 2.94. The SMILES string of the molecule is CCN(C(C)C1CCCC1)C1CCCCC1CN. The highest BCUT2D eigenvalue weighted by atomic mass is 15.2. The van der Waals surface area contributed by atoms with Gasteiger partial charge in [0.2, 0.25) is 0 Å². The zero-order valence-electron chi connectivity index (χ0n) is 12.4. The van der Waals surface area contributed by atoms with Gasteiger partial charge in [-0.3, -0.25) is 4.90 Å². The lowest BCUT2D eigenvalue weighted by Gasteiger charge is -2.44. The van der Waals surface area contributed by atoms with E-state index in [0.717, 1.165) is 30.5 Å². The van der Waals surface area contributed by atoms with Gasteiger partial charge in [0.15, 0.2) is 0 Å². The summed E-state index contributed by atoms with van der Waals surface area (Å²) in [4.78, 5) is 2.80. The van der Waals surface area contributed by atoms with E-state index in [0.29, 0.717) is 0 Å². The van der Waals surface area contributed by atoms with Crippen molar-refractivity contribution in [1.29, 1.82) is 0 Å². The fourth-order valence-electron chi connectivity index (χ4n) is 4.43. The highest BCUT2D eigenvalue weighted by Gasteiger charge is 2.34. The highest BCUT2D eigenvalue weighted by Crippen LogP contribution is 2.35. The molecule has 2 heteroatoms. The molecule has 18 heavy (non-hydrogen) atoms. The Bertz CT molecular complexity index is 235. The molecule has 3 unspecified atom stereocenters. The standard InChI is InChI=1S/C16H32N2/c1-3-18(13(2)14-8-4-5-9-14)16-11-7-6-10-15(16)12-17/h13-16H,3-12,17H2,1-2H3. The van der Waals surface area contributed by atoms with E-state index in [9.17, 15) is 0 Å². The smallest absolute Gasteiger partial charge is 0.0138 e. The summed E-state index contributed by atoms with van der Waals surface area (Å²) >= 11 is 0. The molecule has 0 radical (unpaired) electrons. The van der Waals surface area contributed by atoms with Gasteiger partial charge >= 0.3 is 0 Å². The Labute approximate surface area is 113 Å². The topological polar surface area (TPSA) is 29.3 Å². The molecule has 2 N–H and O–H groups in total. The molecule has 3 atom stereocenters. The summed E-state index contributed by atoms with van der Waals surface area (Å²) in [6, 6.07) is 1.54. The third-order valence-corrected chi connectivity index (χ3v) is 5.57. The molecule has 2 aliphatic carbocycles. The maximum absolute atomic E-state index is 6.01. The molecular weight excluding hydrogens is 220 g/mol. The minimum absolute atomic E-state index is 0.752. The Morgan fingerprint density at radius 2 is 1.67 bits per heavy atom. The van der Waals surface area contributed by atoms with Crippen LogP contribution in [0.15, 0.2) is 0 Å². The second-order valence-corrected chi connectivity index (χ2v) is 6.46. The molecule has 0 aromatic heterocycles. The van der Waals surface area contributed by atoms with Gasteiger partial charge in [-0.05, 0) is 57.5 Å². The Balaban J connectivity index is 2.00. The van der Waals surface area contributed by atoms with Gasteiger partial charge in [-0.15, -0.1) is 0 Å². The first-order valence-corrected chi connectivity index (χ1v) is 8.23. The fourth-order valence-corrected chi connectivity index (χ4v) is 4.43. The maximum atomic E-state index is 6.01. The summed E-state index contributed by atoms with van der Waals surface area (Å²) in [6.45, 7) is 6.91. The molecule has 0 spiro atoms. The first-order valence-electron chi connectivity index (χ1n) is 8.23. The van der Waals surface area contributed by atoms with E-state index >= 15 is 0 Å². The third-order valence-electron chi connectivity index (χ3n) is 5.57. The molecule has 2 aliphatic rings. The van der Waals surface area contributed by atoms with E-state index < -0.39 is 0 Å². The molecular formula is C16H32N2. The van der Waals surface area contributed by atoms with Gasteiger partial charge in [0, 0.05) is 12.1 Å². The lowest BCUT2D eigenvalue weighted by Crippen LogP contribution is -2.50. The molecule has 0 heterocycles. The second kappa shape index (κ2) is 6.91. The monoisotopic (exact) mass is 252 g/mol. The molecule has 0 aromatic carbocycles. The van der Waals surface area contributed by atoms with E-state index in [-0.39, 0.29) is 0 Å². The first kappa shape index (κ1) is 14.3. The van der Waals surface area contributed by atoms with Crippen LogP contribution < -0.4 is 5.73 Å². The van der Waals surface area contributed by atoms with Crippen LogP contribution in [-0.4, -0.2) is 30.1 Å². The number of rotatable bonds is 5. The molecule has 106 valence electrons. The summed E-state index contributed by atoms with van der Waals surface area (Å²) in [5.41, 5.74) is 6.01. The lowest BCUT2D eigenvalue weighted by atomic mass is 9.82. The van der Waals surface area contributed by atoms with Crippen LogP contribution in [0.2, 0.25) is 0 Å². The van der Waals surface area contributed by atoms with Crippen LogP contribution in [0.5, 0.6) is 0 Å². The predicted octanol–water partition coefficient (Wildman–Crippen LogP) is 3.40. The van der Waals surface area contributed by atoms with Crippen molar-refractivity contribution >= 4 is 0 Å². The van der Waals surface area contributed by atoms with Crippen LogP contribution in [0.25, 0.3) is 0 Å². The summed E-state index contributed by atoms with van der Waals surface area (Å²) in [5, 5.41) is 0. The van der Waals surface area contributed by atoms with Crippen molar-refractivity contribution in [1.82, 2.24) is 4.90 Å². The quantitative estimate of drug-likeness (QED) is 0.812. The van der Waals surface area contributed by atoms with Crippen LogP contribution in [0.1, 0.15) is 65.2 Å². The number of hydrogen-bond acceptors (Lipinski definition) is 2. The Morgan fingerprint density at radius 1 is 1.06 bits per heavy atom. The minimum atomic E-state index is 0.752. The van der Waals surface area contributed by atoms with Gasteiger partial charge in [0.1, 0.15) is 0 Å². The average molecular weight is 252 g/mol. The second-order valence-electron chi connectivity index (χ2n) is 6.46. The molecule has 0 aliphatic heterocycles. The summed E-state index contributed by atoms with van der Waals surface area (Å²) < 4.78 is 0. The van der Waals surface area contributed by atoms with E-state index in [1.807, 2.05) is 0 Å². The Morgan fingerprint density at radius 3 is 2.28 bits per heavy atom. The van der Waals surface area contributed by atoms with Crippen molar-refractivity contribution in [2.75, 3.05) is 13.1 Å². The van der Waals surface area contributed by atoms with Crippen molar-refractivity contribution in [3.63, 3.8) is 0 Å². The van der Waals surface area contributed by atoms with Gasteiger partial charge in [-0.1, -0.05) is 32.6 Å². The molecule has 2 saturated carbocycles. The Hall–Kier alpha value is -0.0800. The number of hydrogen-bond donors (Lipinski definition) is 1. The van der Waals surface area contributed by atoms with Crippen molar-refractivity contribution in [2.24, 2.45) is 17.6 Å². The number of nitrogens with two attached hydrogens (primary N) is 1. The van der Waals surface area contributed by atoms with Crippen molar-refractivity contribution in [3.05, 3.63) is 0 Å². The minimum Gasteiger partial charge on any atom is -0.330 e. The summed E-state index contributed by atoms with van der Waals surface area (Å²) in [7, 11) is 0. The largest absolute Gasteiger partial charge is 0.330 e. The third kappa shape index (κ3) is 3.08. The molecule has 0 aromatic rings. The van der Waals surface area contributed by atoms with Crippen molar-refractivity contribution in [2.45, 2.75) is 77.3 Å². The van der Waals surface area contributed by atoms with E-state index in [2.05, 4.69) is 18.7 Å². The van der Waals surface area contributed by atoms with Crippen molar-refractivity contribution < 1.29 is 0 Å². The van der Waals surface area contributed by atoms with Gasteiger partial charge < -0.3 is 5.73 Å². The van der Waals surface area contributed by atoms with Crippen LogP contribution in [0.3, 0.4) is 0 Å². The summed E-state index contributed by atoms with van der Waals surface area (Å²) in [5.74, 6) is 1.70. The highest BCUT2D eigenvalue weighted by molar-refractivity contribution is 4.89. The first-order chi connectivity index (χ1) is 8.77.